The summed E-state index contributed by atoms with van der Waals surface area (Å²) in [5.74, 6) is 0.922. The summed E-state index contributed by atoms with van der Waals surface area (Å²) in [7, 11) is 0. The van der Waals surface area contributed by atoms with Gasteiger partial charge < -0.3 is 14.8 Å². The number of hydrogen-bond acceptors (Lipinski definition) is 4. The summed E-state index contributed by atoms with van der Waals surface area (Å²) in [6.07, 6.45) is 3.68. The zero-order valence-electron chi connectivity index (χ0n) is 16.0. The third-order valence-corrected chi connectivity index (χ3v) is 6.00. The van der Waals surface area contributed by atoms with E-state index in [2.05, 4.69) is 23.5 Å². The summed E-state index contributed by atoms with van der Waals surface area (Å²) in [5.41, 5.74) is 6.45. The molecule has 28 heavy (non-hydrogen) atoms. The molecule has 4 nitrogen and oxygen atoms in total. The van der Waals surface area contributed by atoms with E-state index >= 15 is 0 Å². The van der Waals surface area contributed by atoms with Crippen molar-refractivity contribution < 1.29 is 14.3 Å². The van der Waals surface area contributed by atoms with E-state index < -0.39 is 0 Å². The predicted octanol–water partition coefficient (Wildman–Crippen LogP) is 3.52. The van der Waals surface area contributed by atoms with Crippen LogP contribution in [0.5, 0.6) is 0 Å². The fourth-order valence-corrected chi connectivity index (χ4v) is 4.48. The molecule has 0 unspecified atom stereocenters. The first-order chi connectivity index (χ1) is 13.8. The average Bonchev–Trinajstić information content (AvgIpc) is 3.28. The second-order valence-electron chi connectivity index (χ2n) is 7.83. The summed E-state index contributed by atoms with van der Waals surface area (Å²) in [6.45, 7) is 3.26. The molecule has 1 fully saturated rings. The summed E-state index contributed by atoms with van der Waals surface area (Å²) in [5, 5.41) is 3.64. The second kappa shape index (κ2) is 7.53. The van der Waals surface area contributed by atoms with Gasteiger partial charge in [-0.25, -0.2) is 0 Å². The molecule has 2 aromatic carbocycles. The lowest BCUT2D eigenvalue weighted by molar-refractivity contribution is -0.112. The highest BCUT2D eigenvalue weighted by Crippen LogP contribution is 2.40. The van der Waals surface area contributed by atoms with Crippen molar-refractivity contribution >= 4 is 17.1 Å². The average molecular weight is 375 g/mol. The number of benzene rings is 2. The Morgan fingerprint density at radius 1 is 1.00 bits per heavy atom. The number of fused-ring (bicyclic) bond motifs is 2. The second-order valence-corrected chi connectivity index (χ2v) is 7.83. The molecule has 1 saturated heterocycles. The van der Waals surface area contributed by atoms with Crippen LogP contribution in [-0.4, -0.2) is 31.6 Å². The maximum atomic E-state index is 12.6. The van der Waals surface area contributed by atoms with Crippen LogP contribution in [0.1, 0.15) is 40.7 Å². The quantitative estimate of drug-likeness (QED) is 0.831. The maximum absolute atomic E-state index is 12.6. The molecule has 0 spiro atoms. The van der Waals surface area contributed by atoms with Crippen molar-refractivity contribution in [3.05, 3.63) is 70.3 Å². The highest BCUT2D eigenvalue weighted by atomic mass is 16.5. The largest absolute Gasteiger partial charge is 0.487 e. The number of allylic oxidation sites excluding steroid dienone is 1. The number of nitrogens with one attached hydrogen (secondary N) is 1. The van der Waals surface area contributed by atoms with Crippen LogP contribution in [0.4, 0.5) is 0 Å². The van der Waals surface area contributed by atoms with Crippen LogP contribution in [0.3, 0.4) is 0 Å². The van der Waals surface area contributed by atoms with E-state index in [1.165, 1.54) is 11.1 Å². The fraction of sp³-hybridized carbons (Fsp3) is 0.375. The van der Waals surface area contributed by atoms with E-state index in [1.807, 2.05) is 24.3 Å². The Kier molecular flexibility index (Phi) is 4.75. The minimum atomic E-state index is 0.161. The van der Waals surface area contributed by atoms with Gasteiger partial charge in [-0.05, 0) is 42.5 Å². The highest BCUT2D eigenvalue weighted by molar-refractivity contribution is 6.31. The van der Waals surface area contributed by atoms with Crippen LogP contribution in [0.25, 0.3) is 11.3 Å². The van der Waals surface area contributed by atoms with Crippen LogP contribution in [0, 0.1) is 0 Å². The SMILES string of the molecule is O=C1Cc2ccccc2/C1=C1\OCc2cc(CCNC3CCOCC3)ccc21. The van der Waals surface area contributed by atoms with E-state index in [9.17, 15) is 4.79 Å². The van der Waals surface area contributed by atoms with Crippen molar-refractivity contribution in [1.82, 2.24) is 5.32 Å². The van der Waals surface area contributed by atoms with Crippen LogP contribution in [-0.2, 0) is 33.7 Å². The van der Waals surface area contributed by atoms with Crippen LogP contribution in [0.15, 0.2) is 42.5 Å². The van der Waals surface area contributed by atoms with E-state index in [1.54, 1.807) is 0 Å². The van der Waals surface area contributed by atoms with Gasteiger partial charge in [-0.3, -0.25) is 4.79 Å². The number of rotatable bonds is 4. The minimum Gasteiger partial charge on any atom is -0.487 e. The van der Waals surface area contributed by atoms with Gasteiger partial charge in [0, 0.05) is 36.8 Å². The smallest absolute Gasteiger partial charge is 0.171 e. The van der Waals surface area contributed by atoms with Crippen molar-refractivity contribution in [3.63, 3.8) is 0 Å². The Balaban J connectivity index is 1.34. The zero-order valence-corrected chi connectivity index (χ0v) is 16.0. The van der Waals surface area contributed by atoms with Gasteiger partial charge in [0.2, 0.25) is 0 Å². The van der Waals surface area contributed by atoms with E-state index in [0.29, 0.717) is 19.1 Å². The molecule has 1 aliphatic carbocycles. The molecule has 0 atom stereocenters. The van der Waals surface area contributed by atoms with Gasteiger partial charge in [0.15, 0.2) is 5.78 Å². The van der Waals surface area contributed by atoms with E-state index in [0.717, 1.165) is 67.0 Å². The number of carbonyl (C=O) groups excluding carboxylic acids is 1. The van der Waals surface area contributed by atoms with Crippen LogP contribution in [0.2, 0.25) is 0 Å². The topological polar surface area (TPSA) is 47.6 Å². The Labute approximate surface area is 165 Å². The van der Waals surface area contributed by atoms with Crippen molar-refractivity contribution in [3.8, 4) is 0 Å². The molecule has 3 aliphatic rings. The first-order valence-corrected chi connectivity index (χ1v) is 10.2. The Hall–Kier alpha value is -2.43. The molecule has 0 aromatic heterocycles. The summed E-state index contributed by atoms with van der Waals surface area (Å²) < 4.78 is 11.4. The van der Waals surface area contributed by atoms with Crippen molar-refractivity contribution in [2.24, 2.45) is 0 Å². The first-order valence-electron chi connectivity index (χ1n) is 10.2. The van der Waals surface area contributed by atoms with Gasteiger partial charge in [-0.15, -0.1) is 0 Å². The summed E-state index contributed by atoms with van der Waals surface area (Å²) in [4.78, 5) is 12.6. The van der Waals surface area contributed by atoms with Crippen molar-refractivity contribution in [2.75, 3.05) is 19.8 Å². The minimum absolute atomic E-state index is 0.161. The number of Topliss-reactive ketones (excluding diaryl/α,β-unsaturated/α-hetero) is 1. The van der Waals surface area contributed by atoms with Gasteiger partial charge in [-0.1, -0.05) is 42.5 Å². The molecule has 0 amide bonds. The Morgan fingerprint density at radius 2 is 1.86 bits per heavy atom. The maximum Gasteiger partial charge on any atom is 0.171 e. The fourth-order valence-electron chi connectivity index (χ4n) is 4.48. The normalized spacial score (nSPS) is 21.5. The van der Waals surface area contributed by atoms with Gasteiger partial charge in [0.05, 0.1) is 5.57 Å². The third-order valence-electron chi connectivity index (χ3n) is 6.00. The van der Waals surface area contributed by atoms with Crippen molar-refractivity contribution in [1.29, 1.82) is 0 Å². The highest BCUT2D eigenvalue weighted by Gasteiger charge is 2.32. The molecule has 2 aromatic rings. The molecule has 4 heteroatoms. The lowest BCUT2D eigenvalue weighted by Crippen LogP contribution is -2.35. The molecule has 5 rings (SSSR count). The molecule has 1 N–H and O–H groups in total. The number of hydrogen-bond donors (Lipinski definition) is 1. The van der Waals surface area contributed by atoms with Crippen molar-refractivity contribution in [2.45, 2.75) is 38.3 Å². The molecule has 0 bridgehead atoms. The van der Waals surface area contributed by atoms with Gasteiger partial charge in [0.1, 0.15) is 12.4 Å². The molecular formula is C24H25NO3. The van der Waals surface area contributed by atoms with Crippen LogP contribution >= 0.6 is 0 Å². The third kappa shape index (κ3) is 3.27. The monoisotopic (exact) mass is 375 g/mol. The van der Waals surface area contributed by atoms with E-state index in [-0.39, 0.29) is 5.78 Å². The van der Waals surface area contributed by atoms with Crippen LogP contribution < -0.4 is 5.32 Å². The van der Waals surface area contributed by atoms with Gasteiger partial charge in [0.25, 0.3) is 0 Å². The molecule has 144 valence electrons. The molecular weight excluding hydrogens is 350 g/mol. The lowest BCUT2D eigenvalue weighted by atomic mass is 9.98. The molecule has 2 heterocycles. The first kappa shape index (κ1) is 17.7. The zero-order chi connectivity index (χ0) is 18.9. The Morgan fingerprint density at radius 3 is 2.75 bits per heavy atom. The number of ether oxygens (including phenoxy) is 2. The van der Waals surface area contributed by atoms with Gasteiger partial charge in [-0.2, -0.15) is 0 Å². The van der Waals surface area contributed by atoms with Gasteiger partial charge >= 0.3 is 0 Å². The lowest BCUT2D eigenvalue weighted by Gasteiger charge is -2.23. The molecule has 2 aliphatic heterocycles. The van der Waals surface area contributed by atoms with E-state index in [4.69, 9.17) is 9.47 Å². The summed E-state index contributed by atoms with van der Waals surface area (Å²) >= 11 is 0. The number of ketones is 1. The standard InChI is InChI=1S/C24H25NO3/c26-22-14-17-3-1-2-4-20(17)23(22)24-21-6-5-16(13-18(21)15-28-24)7-10-25-19-8-11-27-12-9-19/h1-6,13,19,25H,7-12,14-15H2/b24-23+. The predicted molar refractivity (Wildman–Crippen MR) is 109 cm³/mol. The number of carbonyl (C=O) groups is 1. The Bertz CT molecular complexity index is 941. The molecule has 0 saturated carbocycles. The molecule has 0 radical (unpaired) electrons. The summed E-state index contributed by atoms with van der Waals surface area (Å²) in [6, 6.07) is 15.2.